The number of allylic oxidation sites excluding steroid dienone is 1. The van der Waals surface area contributed by atoms with E-state index in [2.05, 4.69) is 16.5 Å². The van der Waals surface area contributed by atoms with Crippen LogP contribution in [0.4, 0.5) is 0 Å². The second-order valence-corrected chi connectivity index (χ2v) is 3.90. The summed E-state index contributed by atoms with van der Waals surface area (Å²) >= 11 is 0. The molecule has 2 rings (SSSR count). The van der Waals surface area contributed by atoms with E-state index in [1.165, 1.54) is 4.57 Å². The molecule has 2 aromatic rings. The molecule has 0 aromatic carbocycles. The van der Waals surface area contributed by atoms with Crippen molar-refractivity contribution in [2.24, 2.45) is 14.1 Å². The van der Waals surface area contributed by atoms with Crippen LogP contribution < -0.4 is 11.2 Å². The minimum atomic E-state index is -0.448. The molecule has 6 heteroatoms. The first-order valence-electron chi connectivity index (χ1n) is 5.31. The van der Waals surface area contributed by atoms with E-state index in [-0.39, 0.29) is 0 Å². The second kappa shape index (κ2) is 4.04. The fraction of sp³-hybridized carbons (Fsp3) is 0.364. The number of aryl methyl sites for hydroxylation is 3. The molecule has 0 aliphatic rings. The maximum absolute atomic E-state index is 11.7. The molecule has 2 aromatic heterocycles. The largest absolute Gasteiger partial charge is 0.329 e. The van der Waals surface area contributed by atoms with Gasteiger partial charge in [-0.25, -0.2) is 9.78 Å². The Morgan fingerprint density at radius 2 is 2.06 bits per heavy atom. The summed E-state index contributed by atoms with van der Waals surface area (Å²) in [4.78, 5) is 29.7. The normalized spacial score (nSPS) is 10.9. The smallest absolute Gasteiger partial charge is 0.325 e. The summed E-state index contributed by atoms with van der Waals surface area (Å²) in [6.45, 7) is 3.65. The van der Waals surface area contributed by atoms with E-state index < -0.39 is 11.2 Å². The summed E-state index contributed by atoms with van der Waals surface area (Å²) in [5, 5.41) is 0. The molecular formula is C11H14N4O2. The number of hydrogen-bond acceptors (Lipinski definition) is 3. The molecule has 1 N–H and O–H groups in total. The lowest BCUT2D eigenvalue weighted by Crippen LogP contribution is -2.29. The molecule has 90 valence electrons. The molecule has 0 bridgehead atoms. The summed E-state index contributed by atoms with van der Waals surface area (Å²) in [6, 6.07) is 0. The fourth-order valence-electron chi connectivity index (χ4n) is 1.81. The molecular weight excluding hydrogens is 220 g/mol. The first kappa shape index (κ1) is 11.4. The number of aromatic amines is 1. The third-order valence-corrected chi connectivity index (χ3v) is 2.80. The van der Waals surface area contributed by atoms with Crippen molar-refractivity contribution in [1.29, 1.82) is 0 Å². The maximum atomic E-state index is 11.7. The topological polar surface area (TPSA) is 72.7 Å². The molecule has 0 radical (unpaired) electrons. The first-order valence-corrected chi connectivity index (χ1v) is 5.31. The molecule has 0 atom stereocenters. The van der Waals surface area contributed by atoms with Gasteiger partial charge in [-0.2, -0.15) is 0 Å². The average molecular weight is 234 g/mol. The van der Waals surface area contributed by atoms with E-state index in [1.807, 2.05) is 0 Å². The van der Waals surface area contributed by atoms with Gasteiger partial charge in [0.05, 0.1) is 0 Å². The van der Waals surface area contributed by atoms with E-state index in [0.29, 0.717) is 17.6 Å². The van der Waals surface area contributed by atoms with Crippen molar-refractivity contribution in [2.45, 2.75) is 12.8 Å². The first-order chi connectivity index (χ1) is 8.06. The van der Waals surface area contributed by atoms with Gasteiger partial charge in [-0.3, -0.25) is 14.3 Å². The lowest BCUT2D eigenvalue weighted by Gasteiger charge is -1.99. The van der Waals surface area contributed by atoms with Crippen molar-refractivity contribution in [1.82, 2.24) is 19.1 Å². The van der Waals surface area contributed by atoms with E-state index in [9.17, 15) is 9.59 Å². The predicted octanol–water partition coefficient (Wildman–Crippen LogP) is 0.0789. The van der Waals surface area contributed by atoms with Gasteiger partial charge >= 0.3 is 5.69 Å². The number of rotatable bonds is 3. The summed E-state index contributed by atoms with van der Waals surface area (Å²) in [7, 11) is 3.36. The molecule has 0 fully saturated rings. The van der Waals surface area contributed by atoms with E-state index in [0.717, 1.165) is 12.2 Å². The van der Waals surface area contributed by atoms with Crippen LogP contribution in [0.15, 0.2) is 22.2 Å². The van der Waals surface area contributed by atoms with Gasteiger partial charge in [-0.05, 0) is 6.42 Å². The van der Waals surface area contributed by atoms with Crippen molar-refractivity contribution in [3.8, 4) is 0 Å². The summed E-state index contributed by atoms with van der Waals surface area (Å²) in [5.41, 5.74) is -0.00898. The van der Waals surface area contributed by atoms with Crippen molar-refractivity contribution in [2.75, 3.05) is 0 Å². The van der Waals surface area contributed by atoms with Crippen LogP contribution in [-0.4, -0.2) is 19.1 Å². The van der Waals surface area contributed by atoms with Crippen LogP contribution in [0.2, 0.25) is 0 Å². The predicted molar refractivity (Wildman–Crippen MR) is 65.1 cm³/mol. The van der Waals surface area contributed by atoms with Crippen LogP contribution in [0.3, 0.4) is 0 Å². The Hall–Kier alpha value is -2.11. The molecule has 0 saturated heterocycles. The lowest BCUT2D eigenvalue weighted by atomic mass is 10.3. The molecule has 0 spiro atoms. The Kier molecular flexibility index (Phi) is 2.71. The molecule has 0 amide bonds. The van der Waals surface area contributed by atoms with Gasteiger partial charge in [0.25, 0.3) is 5.56 Å². The van der Waals surface area contributed by atoms with Gasteiger partial charge in [0.15, 0.2) is 11.2 Å². The average Bonchev–Trinajstić information content (AvgIpc) is 2.61. The quantitative estimate of drug-likeness (QED) is 0.764. The number of nitrogens with zero attached hydrogens (tertiary/aromatic N) is 3. The highest BCUT2D eigenvalue weighted by molar-refractivity contribution is 5.70. The zero-order valence-electron chi connectivity index (χ0n) is 9.86. The monoisotopic (exact) mass is 234 g/mol. The fourth-order valence-corrected chi connectivity index (χ4v) is 1.81. The van der Waals surface area contributed by atoms with E-state index >= 15 is 0 Å². The van der Waals surface area contributed by atoms with Gasteiger partial charge in [-0.1, -0.05) is 6.08 Å². The number of aromatic nitrogens is 4. The standard InChI is InChI=1S/C11H14N4O2/c1-4-5-6-7-12-9-8(14(7)2)10(16)13-11(17)15(9)3/h4H,1,5-6H2,2-3H3,(H,13,16,17). The minimum absolute atomic E-state index is 0.400. The SMILES string of the molecule is C=CCCc1nc2c(c(=O)[nH]c(=O)n2C)n1C. The van der Waals surface area contributed by atoms with Gasteiger partial charge < -0.3 is 4.57 Å². The molecule has 0 saturated carbocycles. The van der Waals surface area contributed by atoms with Crippen LogP contribution in [0.5, 0.6) is 0 Å². The van der Waals surface area contributed by atoms with Crippen LogP contribution in [0.1, 0.15) is 12.2 Å². The Labute approximate surface area is 97.2 Å². The van der Waals surface area contributed by atoms with E-state index in [4.69, 9.17) is 0 Å². The van der Waals surface area contributed by atoms with Gasteiger partial charge in [-0.15, -0.1) is 6.58 Å². The Morgan fingerprint density at radius 1 is 1.35 bits per heavy atom. The van der Waals surface area contributed by atoms with Crippen LogP contribution in [-0.2, 0) is 20.5 Å². The van der Waals surface area contributed by atoms with Crippen molar-refractivity contribution in [3.05, 3.63) is 39.3 Å². The number of hydrogen-bond donors (Lipinski definition) is 1. The van der Waals surface area contributed by atoms with Crippen LogP contribution in [0, 0.1) is 0 Å². The second-order valence-electron chi connectivity index (χ2n) is 3.90. The molecule has 0 aliphatic heterocycles. The molecule has 17 heavy (non-hydrogen) atoms. The zero-order chi connectivity index (χ0) is 12.6. The van der Waals surface area contributed by atoms with Gasteiger partial charge in [0.1, 0.15) is 5.82 Å². The lowest BCUT2D eigenvalue weighted by molar-refractivity contribution is 0.795. The Bertz CT molecular complexity index is 690. The highest BCUT2D eigenvalue weighted by atomic mass is 16.2. The van der Waals surface area contributed by atoms with Crippen molar-refractivity contribution < 1.29 is 0 Å². The van der Waals surface area contributed by atoms with Gasteiger partial charge in [0, 0.05) is 20.5 Å². The third kappa shape index (κ3) is 1.71. The Balaban J connectivity index is 2.77. The summed E-state index contributed by atoms with van der Waals surface area (Å²) in [5.74, 6) is 0.770. The number of imidazole rings is 1. The highest BCUT2D eigenvalue weighted by Crippen LogP contribution is 2.10. The maximum Gasteiger partial charge on any atom is 0.329 e. The number of fused-ring (bicyclic) bond motifs is 1. The zero-order valence-corrected chi connectivity index (χ0v) is 9.86. The summed E-state index contributed by atoms with van der Waals surface area (Å²) in [6.07, 6.45) is 3.27. The summed E-state index contributed by atoms with van der Waals surface area (Å²) < 4.78 is 3.06. The minimum Gasteiger partial charge on any atom is -0.325 e. The van der Waals surface area contributed by atoms with Crippen molar-refractivity contribution in [3.63, 3.8) is 0 Å². The van der Waals surface area contributed by atoms with Crippen LogP contribution >= 0.6 is 0 Å². The molecule has 0 aliphatic carbocycles. The Morgan fingerprint density at radius 3 is 2.71 bits per heavy atom. The molecule has 0 unspecified atom stereocenters. The van der Waals surface area contributed by atoms with E-state index in [1.54, 1.807) is 24.7 Å². The molecule has 2 heterocycles. The van der Waals surface area contributed by atoms with Crippen LogP contribution in [0.25, 0.3) is 11.2 Å². The highest BCUT2D eigenvalue weighted by Gasteiger charge is 2.13. The van der Waals surface area contributed by atoms with Crippen molar-refractivity contribution >= 4 is 11.2 Å². The number of H-pyrrole nitrogens is 1. The molecule has 6 nitrogen and oxygen atoms in total. The van der Waals surface area contributed by atoms with Gasteiger partial charge in [0.2, 0.25) is 0 Å². The third-order valence-electron chi connectivity index (χ3n) is 2.80. The number of nitrogens with one attached hydrogen (secondary N) is 1.